The second-order valence-corrected chi connectivity index (χ2v) is 8.97. The van der Waals surface area contributed by atoms with E-state index in [0.717, 1.165) is 22.0 Å². The van der Waals surface area contributed by atoms with Crippen LogP contribution in [0.2, 0.25) is 0 Å². The third-order valence-corrected chi connectivity index (χ3v) is 6.67. The number of benzene rings is 2. The van der Waals surface area contributed by atoms with Gasteiger partial charge in [-0.15, -0.1) is 0 Å². The Morgan fingerprint density at radius 3 is 2.69 bits per heavy atom. The molecule has 2 amide bonds. The van der Waals surface area contributed by atoms with Crippen molar-refractivity contribution in [1.82, 2.24) is 20.3 Å². The van der Waals surface area contributed by atoms with Crippen LogP contribution in [0.1, 0.15) is 12.0 Å². The largest absolute Gasteiger partial charge is 0.488 e. The number of hydrogen-bond acceptors (Lipinski definition) is 6. The molecule has 0 aliphatic carbocycles. The molecule has 5 rings (SSSR count). The van der Waals surface area contributed by atoms with Crippen molar-refractivity contribution in [2.45, 2.75) is 18.6 Å². The Hall–Kier alpha value is -3.75. The zero-order valence-corrected chi connectivity index (χ0v) is 19.5. The van der Waals surface area contributed by atoms with Crippen LogP contribution < -0.4 is 10.1 Å². The fourth-order valence-electron chi connectivity index (χ4n) is 4.87. The molecule has 2 aliphatic heterocycles. The van der Waals surface area contributed by atoms with E-state index in [9.17, 15) is 14.8 Å². The van der Waals surface area contributed by atoms with Crippen molar-refractivity contribution >= 4 is 28.3 Å². The fraction of sp³-hybridized carbons (Fsp3) is 0.296. The number of piperidine rings is 1. The number of hydroxylamine groups is 2. The molecule has 8 heteroatoms. The average Bonchev–Trinajstić information content (AvgIpc) is 3.39. The van der Waals surface area contributed by atoms with E-state index in [1.165, 1.54) is 7.05 Å². The predicted molar refractivity (Wildman–Crippen MR) is 132 cm³/mol. The molecule has 1 saturated heterocycles. The van der Waals surface area contributed by atoms with Crippen LogP contribution in [0.5, 0.6) is 5.75 Å². The van der Waals surface area contributed by atoms with Gasteiger partial charge in [-0.05, 0) is 35.8 Å². The maximum Gasteiger partial charge on any atom is 0.251 e. The number of pyridine rings is 1. The topological polar surface area (TPSA) is 95.0 Å². The van der Waals surface area contributed by atoms with E-state index >= 15 is 0 Å². The van der Waals surface area contributed by atoms with Gasteiger partial charge in [-0.3, -0.25) is 19.8 Å². The molecule has 0 bridgehead atoms. The van der Waals surface area contributed by atoms with Crippen LogP contribution in [0.25, 0.3) is 16.5 Å². The minimum absolute atomic E-state index is 0.153. The highest BCUT2D eigenvalue weighted by Crippen LogP contribution is 2.29. The van der Waals surface area contributed by atoms with Gasteiger partial charge >= 0.3 is 0 Å². The molecule has 3 heterocycles. The van der Waals surface area contributed by atoms with Gasteiger partial charge in [0.05, 0.1) is 17.5 Å². The number of nitrogens with zero attached hydrogens (tertiary/aromatic N) is 3. The summed E-state index contributed by atoms with van der Waals surface area (Å²) in [6.07, 6.45) is 3.69. The van der Waals surface area contributed by atoms with Gasteiger partial charge in [0.1, 0.15) is 11.9 Å². The minimum Gasteiger partial charge on any atom is -0.488 e. The lowest BCUT2D eigenvalue weighted by molar-refractivity contribution is -0.169. The van der Waals surface area contributed by atoms with Crippen LogP contribution in [0.3, 0.4) is 0 Å². The van der Waals surface area contributed by atoms with Gasteiger partial charge in [-0.25, -0.2) is 5.06 Å². The van der Waals surface area contributed by atoms with Crippen LogP contribution >= 0.6 is 0 Å². The molecule has 35 heavy (non-hydrogen) atoms. The van der Waals surface area contributed by atoms with Crippen LogP contribution in [-0.4, -0.2) is 70.8 Å². The molecule has 0 unspecified atom stereocenters. The summed E-state index contributed by atoms with van der Waals surface area (Å²) in [5, 5.41) is 14.6. The number of hydrogen-bond donors (Lipinski definition) is 2. The number of carbonyl (C=O) groups excluding carboxylic acids is 2. The second kappa shape index (κ2) is 9.85. The van der Waals surface area contributed by atoms with E-state index in [-0.39, 0.29) is 12.0 Å². The number of ether oxygens (including phenoxy) is 1. The van der Waals surface area contributed by atoms with Crippen LogP contribution in [0.4, 0.5) is 0 Å². The molecule has 2 aromatic carbocycles. The zero-order valence-electron chi connectivity index (χ0n) is 19.5. The Morgan fingerprint density at radius 2 is 1.89 bits per heavy atom. The lowest BCUT2D eigenvalue weighted by Crippen LogP contribution is -2.60. The van der Waals surface area contributed by atoms with Gasteiger partial charge in [0.2, 0.25) is 5.91 Å². The molecular weight excluding hydrogens is 444 g/mol. The summed E-state index contributed by atoms with van der Waals surface area (Å²) in [5.41, 5.74) is 2.99. The summed E-state index contributed by atoms with van der Waals surface area (Å²) < 4.78 is 6.27. The zero-order chi connectivity index (χ0) is 24.4. The SMILES string of the molecule is CN(O)C(=O)[C@H]1C[C@H](Oc2ccnc3ccccc23)CN[C@@H]1C(=O)N1CC=C(c2ccccc2)C1. The molecule has 3 atom stereocenters. The van der Waals surface area contributed by atoms with Gasteiger partial charge in [-0.1, -0.05) is 48.5 Å². The molecule has 2 N–H and O–H groups in total. The van der Waals surface area contributed by atoms with E-state index in [4.69, 9.17) is 4.74 Å². The Morgan fingerprint density at radius 1 is 1.11 bits per heavy atom. The number of para-hydroxylation sites is 1. The lowest BCUT2D eigenvalue weighted by atomic mass is 9.87. The number of carbonyl (C=O) groups is 2. The normalized spacial score (nSPS) is 22.1. The smallest absolute Gasteiger partial charge is 0.251 e. The van der Waals surface area contributed by atoms with E-state index in [0.29, 0.717) is 36.9 Å². The van der Waals surface area contributed by atoms with Gasteiger partial charge < -0.3 is 15.0 Å². The number of nitrogens with one attached hydrogen (secondary N) is 1. The maximum absolute atomic E-state index is 13.5. The van der Waals surface area contributed by atoms with Crippen molar-refractivity contribution in [2.75, 3.05) is 26.7 Å². The summed E-state index contributed by atoms with van der Waals surface area (Å²) in [4.78, 5) is 32.5. The van der Waals surface area contributed by atoms with Crippen molar-refractivity contribution in [3.05, 3.63) is 78.5 Å². The molecule has 2 aliphatic rings. The number of amides is 2. The minimum atomic E-state index is -0.759. The molecule has 0 radical (unpaired) electrons. The number of aromatic nitrogens is 1. The first-order chi connectivity index (χ1) is 17.0. The highest BCUT2D eigenvalue weighted by molar-refractivity contribution is 5.92. The summed E-state index contributed by atoms with van der Waals surface area (Å²) in [6, 6.07) is 18.7. The van der Waals surface area contributed by atoms with Crippen molar-refractivity contribution in [2.24, 2.45) is 5.92 Å². The highest BCUT2D eigenvalue weighted by Gasteiger charge is 2.43. The van der Waals surface area contributed by atoms with Gasteiger partial charge in [0.15, 0.2) is 0 Å². The molecule has 180 valence electrons. The van der Waals surface area contributed by atoms with Crippen LogP contribution in [-0.2, 0) is 9.59 Å². The first-order valence-electron chi connectivity index (χ1n) is 11.7. The van der Waals surface area contributed by atoms with E-state index in [1.54, 1.807) is 17.2 Å². The summed E-state index contributed by atoms with van der Waals surface area (Å²) >= 11 is 0. The fourth-order valence-corrected chi connectivity index (χ4v) is 4.87. The lowest BCUT2D eigenvalue weighted by Gasteiger charge is -2.37. The molecule has 1 fully saturated rings. The second-order valence-electron chi connectivity index (χ2n) is 8.97. The number of rotatable bonds is 5. The summed E-state index contributed by atoms with van der Waals surface area (Å²) in [7, 11) is 1.29. The Bertz CT molecular complexity index is 1260. The summed E-state index contributed by atoms with van der Waals surface area (Å²) in [5.74, 6) is -0.753. The van der Waals surface area contributed by atoms with Crippen molar-refractivity contribution in [3.8, 4) is 5.75 Å². The van der Waals surface area contributed by atoms with E-state index in [2.05, 4.69) is 10.3 Å². The van der Waals surface area contributed by atoms with Crippen molar-refractivity contribution in [3.63, 3.8) is 0 Å². The van der Waals surface area contributed by atoms with Crippen molar-refractivity contribution < 1.29 is 19.5 Å². The van der Waals surface area contributed by atoms with Crippen LogP contribution in [0, 0.1) is 5.92 Å². The van der Waals surface area contributed by atoms with Crippen LogP contribution in [0.15, 0.2) is 72.9 Å². The first kappa shape index (κ1) is 23.0. The predicted octanol–water partition coefficient (Wildman–Crippen LogP) is 2.73. The van der Waals surface area contributed by atoms with Gasteiger partial charge in [-0.2, -0.15) is 0 Å². The molecule has 0 saturated carbocycles. The average molecular weight is 473 g/mol. The molecule has 3 aromatic rings. The Balaban J connectivity index is 1.31. The third kappa shape index (κ3) is 4.76. The standard InChI is InChI=1S/C27H28N4O4/c1-30(34)26(32)22-15-20(35-24-11-13-28-23-10-6-5-9-21(23)24)16-29-25(22)27(33)31-14-12-19(17-31)18-7-3-2-4-8-18/h2-13,20,22,25,29,34H,14-17H2,1H3/t20-,22-,25-/m0/s1. The van der Waals surface area contributed by atoms with Gasteiger partial charge in [0.25, 0.3) is 5.91 Å². The van der Waals surface area contributed by atoms with Crippen molar-refractivity contribution in [1.29, 1.82) is 0 Å². The van der Waals surface area contributed by atoms with E-state index < -0.39 is 17.9 Å². The summed E-state index contributed by atoms with van der Waals surface area (Å²) in [6.45, 7) is 1.37. The molecule has 8 nitrogen and oxygen atoms in total. The molecule has 0 spiro atoms. The monoisotopic (exact) mass is 472 g/mol. The van der Waals surface area contributed by atoms with E-state index in [1.807, 2.05) is 60.7 Å². The van der Waals surface area contributed by atoms with Gasteiger partial charge in [0, 0.05) is 38.3 Å². The Kier molecular flexibility index (Phi) is 6.48. The third-order valence-electron chi connectivity index (χ3n) is 6.67. The number of fused-ring (bicyclic) bond motifs is 1. The highest BCUT2D eigenvalue weighted by atomic mass is 16.5. The Labute approximate surface area is 203 Å². The maximum atomic E-state index is 13.5. The quantitative estimate of drug-likeness (QED) is 0.438. The first-order valence-corrected chi connectivity index (χ1v) is 11.7. The molecular formula is C27H28N4O4. The molecule has 1 aromatic heterocycles.